The van der Waals surface area contributed by atoms with Crippen molar-refractivity contribution in [3.63, 3.8) is 0 Å². The number of guanidine groups is 1. The Balaban J connectivity index is 0.00000450. The number of rotatable bonds is 10. The van der Waals surface area contributed by atoms with Gasteiger partial charge in [-0.05, 0) is 25.7 Å². The molecule has 1 saturated heterocycles. The highest BCUT2D eigenvalue weighted by molar-refractivity contribution is 14.0. The van der Waals surface area contributed by atoms with E-state index in [1.54, 1.807) is 14.2 Å². The van der Waals surface area contributed by atoms with Crippen LogP contribution >= 0.6 is 24.0 Å². The lowest BCUT2D eigenvalue weighted by molar-refractivity contribution is -0.119. The fourth-order valence-electron chi connectivity index (χ4n) is 3.44. The first kappa shape index (κ1) is 26.1. The summed E-state index contributed by atoms with van der Waals surface area (Å²) in [4.78, 5) is 18.2. The molecule has 0 aliphatic carbocycles. The van der Waals surface area contributed by atoms with Gasteiger partial charge in [0.25, 0.3) is 0 Å². The number of nitrogens with one attached hydrogen (secondary N) is 1. The molecule has 170 valence electrons. The number of amides is 1. The van der Waals surface area contributed by atoms with E-state index in [1.165, 1.54) is 0 Å². The van der Waals surface area contributed by atoms with Crippen LogP contribution in [0.1, 0.15) is 32.6 Å². The lowest BCUT2D eigenvalue weighted by Gasteiger charge is -2.34. The molecule has 1 fully saturated rings. The number of aliphatic imine (C=N–C) groups is 1. The highest BCUT2D eigenvalue weighted by Gasteiger charge is 2.23. The van der Waals surface area contributed by atoms with Gasteiger partial charge < -0.3 is 30.2 Å². The van der Waals surface area contributed by atoms with Gasteiger partial charge in [0.2, 0.25) is 5.91 Å². The van der Waals surface area contributed by atoms with E-state index < -0.39 is 0 Å². The molecule has 1 aromatic rings. The predicted octanol–water partition coefficient (Wildman–Crippen LogP) is 2.64. The summed E-state index contributed by atoms with van der Waals surface area (Å²) in [5, 5.41) is 3.35. The zero-order chi connectivity index (χ0) is 21.1. The number of carbonyl (C=O) groups excluding carboxylic acids is 1. The van der Waals surface area contributed by atoms with E-state index in [4.69, 9.17) is 24.9 Å². The Hall–Kier alpha value is -1.91. The Kier molecular flexibility index (Phi) is 12.3. The number of hydrogen-bond donors (Lipinski definition) is 2. The third kappa shape index (κ3) is 8.85. The number of primary amides is 1. The second-order valence-corrected chi connectivity index (χ2v) is 7.11. The monoisotopic (exact) mass is 534 g/mol. The lowest BCUT2D eigenvalue weighted by atomic mass is 9.95. The highest BCUT2D eigenvalue weighted by atomic mass is 127. The minimum absolute atomic E-state index is 0. The Labute approximate surface area is 196 Å². The molecule has 1 heterocycles. The van der Waals surface area contributed by atoms with Crippen LogP contribution in [-0.4, -0.2) is 63.8 Å². The molecule has 0 aromatic heterocycles. The maximum absolute atomic E-state index is 11.2. The van der Waals surface area contributed by atoms with Crippen LogP contribution in [0.15, 0.2) is 23.2 Å². The SMILES string of the molecule is CCNC(=NCCCOc1cc(OC)cc(OC)c1)N1CCCC(CC(N)=O)C1.I. The average molecular weight is 534 g/mol. The number of methoxy groups -OCH3 is 2. The molecule has 8 nitrogen and oxygen atoms in total. The van der Waals surface area contributed by atoms with Crippen LogP contribution in [0.2, 0.25) is 0 Å². The molecule has 1 aromatic carbocycles. The molecule has 1 atom stereocenters. The number of halogens is 1. The van der Waals surface area contributed by atoms with Crippen molar-refractivity contribution < 1.29 is 19.0 Å². The lowest BCUT2D eigenvalue weighted by Crippen LogP contribution is -2.47. The normalized spacial score (nSPS) is 16.4. The molecular weight excluding hydrogens is 499 g/mol. The molecule has 1 amide bonds. The number of likely N-dealkylation sites (tertiary alicyclic amines) is 1. The van der Waals surface area contributed by atoms with Crippen molar-refractivity contribution >= 4 is 35.8 Å². The minimum atomic E-state index is -0.231. The Bertz CT molecular complexity index is 665. The molecule has 9 heteroatoms. The maximum Gasteiger partial charge on any atom is 0.217 e. The van der Waals surface area contributed by atoms with Crippen LogP contribution in [0.25, 0.3) is 0 Å². The van der Waals surface area contributed by atoms with Gasteiger partial charge in [0, 0.05) is 57.2 Å². The molecule has 2 rings (SSSR count). The number of hydrogen-bond acceptors (Lipinski definition) is 5. The van der Waals surface area contributed by atoms with E-state index in [0.29, 0.717) is 42.7 Å². The second kappa shape index (κ2) is 14.2. The third-order valence-electron chi connectivity index (χ3n) is 4.80. The molecule has 30 heavy (non-hydrogen) atoms. The second-order valence-electron chi connectivity index (χ2n) is 7.11. The fraction of sp³-hybridized carbons (Fsp3) is 0.619. The molecule has 1 unspecified atom stereocenters. The van der Waals surface area contributed by atoms with Gasteiger partial charge in [0.15, 0.2) is 5.96 Å². The average Bonchev–Trinajstić information content (AvgIpc) is 2.72. The van der Waals surface area contributed by atoms with Gasteiger partial charge in [-0.2, -0.15) is 0 Å². The maximum atomic E-state index is 11.2. The molecule has 0 spiro atoms. The van der Waals surface area contributed by atoms with E-state index >= 15 is 0 Å². The first-order chi connectivity index (χ1) is 14.0. The van der Waals surface area contributed by atoms with Crippen molar-refractivity contribution in [2.75, 3.05) is 47.0 Å². The summed E-state index contributed by atoms with van der Waals surface area (Å²) in [7, 11) is 3.23. The van der Waals surface area contributed by atoms with Crippen molar-refractivity contribution in [3.8, 4) is 17.2 Å². The number of nitrogens with zero attached hydrogens (tertiary/aromatic N) is 2. The van der Waals surface area contributed by atoms with Crippen molar-refractivity contribution in [3.05, 3.63) is 18.2 Å². The fourth-order valence-corrected chi connectivity index (χ4v) is 3.44. The highest BCUT2D eigenvalue weighted by Crippen LogP contribution is 2.27. The molecule has 1 aliphatic rings. The minimum Gasteiger partial charge on any atom is -0.496 e. The van der Waals surface area contributed by atoms with Gasteiger partial charge in [-0.3, -0.25) is 9.79 Å². The van der Waals surface area contributed by atoms with Crippen LogP contribution in [-0.2, 0) is 4.79 Å². The standard InChI is InChI=1S/C21H34N4O4.HI/c1-4-23-21(25-9-5-7-16(15-25)11-20(22)26)24-8-6-10-29-19-13-17(27-2)12-18(14-19)28-3;/h12-14,16H,4-11,15H2,1-3H3,(H2,22,26)(H,23,24);1H. The molecular formula is C21H35IN4O4. The van der Waals surface area contributed by atoms with E-state index in [9.17, 15) is 4.79 Å². The molecule has 1 aliphatic heterocycles. The number of benzene rings is 1. The number of carbonyl (C=O) groups is 1. The molecule has 3 N–H and O–H groups in total. The third-order valence-corrected chi connectivity index (χ3v) is 4.80. The predicted molar refractivity (Wildman–Crippen MR) is 129 cm³/mol. The van der Waals surface area contributed by atoms with Crippen LogP contribution in [0, 0.1) is 5.92 Å². The van der Waals surface area contributed by atoms with E-state index in [0.717, 1.165) is 44.9 Å². The first-order valence-corrected chi connectivity index (χ1v) is 10.2. The van der Waals surface area contributed by atoms with Crippen LogP contribution in [0.3, 0.4) is 0 Å². The zero-order valence-corrected chi connectivity index (χ0v) is 20.5. The summed E-state index contributed by atoms with van der Waals surface area (Å²) in [6, 6.07) is 5.48. The number of nitrogens with two attached hydrogens (primary N) is 1. The van der Waals surface area contributed by atoms with Gasteiger partial charge in [0.05, 0.1) is 20.8 Å². The topological polar surface area (TPSA) is 98.4 Å². The van der Waals surface area contributed by atoms with Crippen LogP contribution in [0.5, 0.6) is 17.2 Å². The quantitative estimate of drug-likeness (QED) is 0.207. The Morgan fingerprint density at radius 2 is 1.90 bits per heavy atom. The number of ether oxygens (including phenoxy) is 3. The summed E-state index contributed by atoms with van der Waals surface area (Å²) < 4.78 is 16.3. The van der Waals surface area contributed by atoms with Crippen molar-refractivity contribution in [1.82, 2.24) is 10.2 Å². The zero-order valence-electron chi connectivity index (χ0n) is 18.2. The summed E-state index contributed by atoms with van der Waals surface area (Å²) in [5.74, 6) is 3.07. The van der Waals surface area contributed by atoms with Gasteiger partial charge in [-0.1, -0.05) is 0 Å². The Morgan fingerprint density at radius 3 is 2.50 bits per heavy atom. The van der Waals surface area contributed by atoms with Crippen molar-refractivity contribution in [2.24, 2.45) is 16.6 Å². The van der Waals surface area contributed by atoms with Gasteiger partial charge in [0.1, 0.15) is 17.2 Å². The van der Waals surface area contributed by atoms with Crippen molar-refractivity contribution in [2.45, 2.75) is 32.6 Å². The summed E-state index contributed by atoms with van der Waals surface area (Å²) in [6.07, 6.45) is 3.31. The van der Waals surface area contributed by atoms with Crippen molar-refractivity contribution in [1.29, 1.82) is 0 Å². The van der Waals surface area contributed by atoms with E-state index in [-0.39, 0.29) is 29.9 Å². The molecule has 0 saturated carbocycles. The van der Waals surface area contributed by atoms with Crippen LogP contribution < -0.4 is 25.3 Å². The number of piperidine rings is 1. The smallest absolute Gasteiger partial charge is 0.217 e. The first-order valence-electron chi connectivity index (χ1n) is 10.2. The van der Waals surface area contributed by atoms with Gasteiger partial charge in [-0.15, -0.1) is 24.0 Å². The molecule has 0 radical (unpaired) electrons. The largest absolute Gasteiger partial charge is 0.496 e. The van der Waals surface area contributed by atoms with Gasteiger partial charge >= 0.3 is 0 Å². The van der Waals surface area contributed by atoms with E-state index in [1.807, 2.05) is 18.2 Å². The van der Waals surface area contributed by atoms with Gasteiger partial charge in [-0.25, -0.2) is 0 Å². The van der Waals surface area contributed by atoms with E-state index in [2.05, 4.69) is 17.1 Å². The summed E-state index contributed by atoms with van der Waals surface area (Å²) >= 11 is 0. The molecule has 0 bridgehead atoms. The summed E-state index contributed by atoms with van der Waals surface area (Å²) in [5.41, 5.74) is 5.37. The summed E-state index contributed by atoms with van der Waals surface area (Å²) in [6.45, 7) is 5.82. The van der Waals surface area contributed by atoms with Crippen LogP contribution in [0.4, 0.5) is 0 Å². The Morgan fingerprint density at radius 1 is 1.23 bits per heavy atom.